The summed E-state index contributed by atoms with van der Waals surface area (Å²) in [4.78, 5) is 23.1. The first-order chi connectivity index (χ1) is 15.0. The number of nitrogens with zero attached hydrogens (tertiary/aromatic N) is 2. The van der Waals surface area contributed by atoms with Gasteiger partial charge in [0.25, 0.3) is 5.69 Å². The highest BCUT2D eigenvalue weighted by atomic mass is 32.2. The van der Waals surface area contributed by atoms with Crippen LogP contribution < -0.4 is 5.32 Å². The molecule has 0 spiro atoms. The van der Waals surface area contributed by atoms with E-state index in [9.17, 15) is 23.3 Å². The smallest absolute Gasteiger partial charge is 0.270 e. The summed E-state index contributed by atoms with van der Waals surface area (Å²) in [6.07, 6.45) is 0.815. The Bertz CT molecular complexity index is 1090. The highest BCUT2D eigenvalue weighted by Crippen LogP contribution is 2.29. The number of non-ortho nitro benzene ring substituents is 1. The van der Waals surface area contributed by atoms with Crippen molar-refractivity contribution < 1.29 is 18.1 Å². The second-order valence-corrected chi connectivity index (χ2v) is 10.8. The van der Waals surface area contributed by atoms with Gasteiger partial charge in [0, 0.05) is 43.1 Å². The summed E-state index contributed by atoms with van der Waals surface area (Å²) in [7, 11) is -3.87. The van der Waals surface area contributed by atoms with E-state index >= 15 is 0 Å². The van der Waals surface area contributed by atoms with Crippen LogP contribution in [-0.2, 0) is 20.2 Å². The molecule has 1 saturated heterocycles. The molecular weight excluding hydrogens is 430 g/mol. The number of piperidine rings is 1. The van der Waals surface area contributed by atoms with E-state index in [0.29, 0.717) is 24.9 Å². The maximum atomic E-state index is 13.1. The molecule has 9 heteroatoms. The number of carbonyl (C=O) groups excluding carboxylic acids is 1. The van der Waals surface area contributed by atoms with Gasteiger partial charge in [0.2, 0.25) is 15.9 Å². The number of hydrogen-bond acceptors (Lipinski definition) is 5. The zero-order chi connectivity index (χ0) is 23.5. The molecule has 0 aliphatic carbocycles. The molecule has 1 heterocycles. The molecule has 0 radical (unpaired) electrons. The fourth-order valence-electron chi connectivity index (χ4n) is 3.92. The third kappa shape index (κ3) is 5.16. The molecule has 2 aromatic rings. The molecule has 172 valence electrons. The number of sulfonamides is 1. The highest BCUT2D eigenvalue weighted by molar-refractivity contribution is 7.89. The molecular formula is C23H29N3O5S. The summed E-state index contributed by atoms with van der Waals surface area (Å²) >= 11 is 0. The number of carbonyl (C=O) groups is 1. The van der Waals surface area contributed by atoms with Crippen LogP contribution in [0.1, 0.15) is 37.8 Å². The second-order valence-electron chi connectivity index (χ2n) is 8.85. The lowest BCUT2D eigenvalue weighted by Crippen LogP contribution is -2.45. The molecule has 32 heavy (non-hydrogen) atoms. The molecule has 1 amide bonds. The van der Waals surface area contributed by atoms with Crippen molar-refractivity contribution in [3.63, 3.8) is 0 Å². The average molecular weight is 460 g/mol. The minimum atomic E-state index is -3.87. The Kier molecular flexibility index (Phi) is 7.00. The van der Waals surface area contributed by atoms with Crippen molar-refractivity contribution in [1.82, 2.24) is 9.62 Å². The maximum absolute atomic E-state index is 13.1. The maximum Gasteiger partial charge on any atom is 0.270 e. The van der Waals surface area contributed by atoms with E-state index in [0.717, 1.165) is 11.6 Å². The van der Waals surface area contributed by atoms with Crippen molar-refractivity contribution in [3.05, 3.63) is 69.8 Å². The summed E-state index contributed by atoms with van der Waals surface area (Å²) in [6.45, 7) is 6.64. The zero-order valence-corrected chi connectivity index (χ0v) is 19.4. The Morgan fingerprint density at radius 2 is 1.78 bits per heavy atom. The minimum absolute atomic E-state index is 0.0563. The van der Waals surface area contributed by atoms with Gasteiger partial charge in [-0.15, -0.1) is 0 Å². The monoisotopic (exact) mass is 459 g/mol. The Morgan fingerprint density at radius 3 is 2.38 bits per heavy atom. The van der Waals surface area contributed by atoms with E-state index in [-0.39, 0.29) is 40.9 Å². The van der Waals surface area contributed by atoms with E-state index < -0.39 is 14.9 Å². The molecule has 0 saturated carbocycles. The number of aryl methyl sites for hydroxylation is 1. The standard InChI is InChI=1S/C23H29N3O5S/c1-17-9-10-20(26(28)29)15-21(17)32(30,31)25-13-11-18(12-14-25)22(27)24-16-23(2,3)19-7-5-4-6-8-19/h4-10,15,18H,11-14,16H2,1-3H3,(H,24,27). The average Bonchev–Trinajstić information content (AvgIpc) is 2.78. The lowest BCUT2D eigenvalue weighted by Gasteiger charge is -2.32. The third-order valence-electron chi connectivity index (χ3n) is 6.08. The first kappa shape index (κ1) is 23.9. The highest BCUT2D eigenvalue weighted by Gasteiger charge is 2.34. The Labute approximate surface area is 188 Å². The van der Waals surface area contributed by atoms with Crippen molar-refractivity contribution >= 4 is 21.6 Å². The van der Waals surface area contributed by atoms with Crippen LogP contribution in [0.25, 0.3) is 0 Å². The molecule has 8 nitrogen and oxygen atoms in total. The van der Waals surface area contributed by atoms with Gasteiger partial charge in [-0.05, 0) is 30.9 Å². The summed E-state index contributed by atoms with van der Waals surface area (Å²) in [5, 5.41) is 14.1. The molecule has 0 atom stereocenters. The molecule has 0 unspecified atom stereocenters. The van der Waals surface area contributed by atoms with Gasteiger partial charge in [-0.1, -0.05) is 50.2 Å². The van der Waals surface area contributed by atoms with Gasteiger partial charge < -0.3 is 5.32 Å². The van der Waals surface area contributed by atoms with Gasteiger partial charge in [0.05, 0.1) is 9.82 Å². The van der Waals surface area contributed by atoms with E-state index in [1.165, 1.54) is 16.4 Å². The quantitative estimate of drug-likeness (QED) is 0.504. The molecule has 1 aliphatic rings. The molecule has 2 aromatic carbocycles. The first-order valence-corrected chi connectivity index (χ1v) is 12.0. The Balaban J connectivity index is 1.61. The van der Waals surface area contributed by atoms with Crippen LogP contribution in [0, 0.1) is 23.0 Å². The van der Waals surface area contributed by atoms with Crippen LogP contribution in [0.4, 0.5) is 5.69 Å². The predicted molar refractivity (Wildman–Crippen MR) is 122 cm³/mol. The molecule has 3 rings (SSSR count). The number of hydrogen-bond donors (Lipinski definition) is 1. The topological polar surface area (TPSA) is 110 Å². The molecule has 1 fully saturated rings. The lowest BCUT2D eigenvalue weighted by molar-refractivity contribution is -0.385. The van der Waals surface area contributed by atoms with Gasteiger partial charge in [-0.25, -0.2) is 8.42 Å². The predicted octanol–water partition coefficient (Wildman–Crippen LogP) is 3.40. The summed E-state index contributed by atoms with van der Waals surface area (Å²) < 4.78 is 27.5. The number of nitro groups is 1. The number of rotatable bonds is 7. The van der Waals surface area contributed by atoms with Crippen molar-refractivity contribution in [1.29, 1.82) is 0 Å². The van der Waals surface area contributed by atoms with E-state index in [1.807, 2.05) is 30.3 Å². The van der Waals surface area contributed by atoms with Crippen LogP contribution in [0.15, 0.2) is 53.4 Å². The van der Waals surface area contributed by atoms with E-state index in [4.69, 9.17) is 0 Å². The van der Waals surface area contributed by atoms with Gasteiger partial charge in [-0.3, -0.25) is 14.9 Å². The number of amides is 1. The molecule has 0 aromatic heterocycles. The van der Waals surface area contributed by atoms with Crippen LogP contribution in [0.5, 0.6) is 0 Å². The molecule has 0 bridgehead atoms. The van der Waals surface area contributed by atoms with Gasteiger partial charge in [0.15, 0.2) is 0 Å². The summed E-state index contributed by atoms with van der Waals surface area (Å²) in [6, 6.07) is 13.8. The van der Waals surface area contributed by atoms with Gasteiger partial charge in [0.1, 0.15) is 0 Å². The van der Waals surface area contributed by atoms with Crippen molar-refractivity contribution in [2.45, 2.75) is 43.9 Å². The minimum Gasteiger partial charge on any atom is -0.355 e. The Morgan fingerprint density at radius 1 is 1.16 bits per heavy atom. The van der Waals surface area contributed by atoms with Crippen LogP contribution in [0.2, 0.25) is 0 Å². The first-order valence-electron chi connectivity index (χ1n) is 10.6. The number of nitrogens with one attached hydrogen (secondary N) is 1. The van der Waals surface area contributed by atoms with Crippen molar-refractivity contribution in [3.8, 4) is 0 Å². The van der Waals surface area contributed by atoms with Crippen LogP contribution in [0.3, 0.4) is 0 Å². The summed E-state index contributed by atoms with van der Waals surface area (Å²) in [5.74, 6) is -0.336. The number of nitro benzene ring substituents is 1. The SMILES string of the molecule is Cc1ccc([N+](=O)[O-])cc1S(=O)(=O)N1CCC(C(=O)NCC(C)(C)c2ccccc2)CC1. The number of benzene rings is 2. The van der Waals surface area contributed by atoms with Crippen LogP contribution >= 0.6 is 0 Å². The molecule has 1 aliphatic heterocycles. The third-order valence-corrected chi connectivity index (χ3v) is 8.13. The Hall–Kier alpha value is -2.78. The lowest BCUT2D eigenvalue weighted by atomic mass is 9.84. The molecule has 1 N–H and O–H groups in total. The second kappa shape index (κ2) is 9.38. The van der Waals surface area contributed by atoms with Crippen molar-refractivity contribution in [2.75, 3.05) is 19.6 Å². The summed E-state index contributed by atoms with van der Waals surface area (Å²) in [5.41, 5.74) is 1.11. The van der Waals surface area contributed by atoms with E-state index in [1.54, 1.807) is 6.92 Å². The fraction of sp³-hybridized carbons (Fsp3) is 0.435. The zero-order valence-electron chi connectivity index (χ0n) is 18.6. The fourth-order valence-corrected chi connectivity index (χ4v) is 5.64. The van der Waals surface area contributed by atoms with Gasteiger partial charge >= 0.3 is 0 Å². The van der Waals surface area contributed by atoms with Crippen molar-refractivity contribution in [2.24, 2.45) is 5.92 Å². The largest absolute Gasteiger partial charge is 0.355 e. The van der Waals surface area contributed by atoms with Gasteiger partial charge in [-0.2, -0.15) is 4.31 Å². The van der Waals surface area contributed by atoms with Crippen LogP contribution in [-0.4, -0.2) is 43.2 Å². The normalized spacial score (nSPS) is 16.0. The van der Waals surface area contributed by atoms with E-state index in [2.05, 4.69) is 19.2 Å².